The van der Waals surface area contributed by atoms with Crippen molar-refractivity contribution in [2.75, 3.05) is 6.54 Å². The van der Waals surface area contributed by atoms with Crippen LogP contribution in [0.25, 0.3) is 11.5 Å². The van der Waals surface area contributed by atoms with E-state index in [4.69, 9.17) is 8.94 Å². The molecule has 158 valence electrons. The molecule has 1 N–H and O–H groups in total. The summed E-state index contributed by atoms with van der Waals surface area (Å²) in [4.78, 5) is 16.8. The Labute approximate surface area is 175 Å². The summed E-state index contributed by atoms with van der Waals surface area (Å²) >= 11 is 0. The maximum absolute atomic E-state index is 12.5. The minimum absolute atomic E-state index is 0.0963. The van der Waals surface area contributed by atoms with Crippen LogP contribution in [-0.2, 0) is 6.42 Å². The molecule has 0 atom stereocenters. The van der Waals surface area contributed by atoms with Crippen molar-refractivity contribution in [3.8, 4) is 11.5 Å². The second-order valence-electron chi connectivity index (χ2n) is 7.98. The van der Waals surface area contributed by atoms with E-state index < -0.39 is 0 Å². The topological polar surface area (TPSA) is 107 Å². The monoisotopic (exact) mass is 409 g/mol. The van der Waals surface area contributed by atoms with Gasteiger partial charge in [0.1, 0.15) is 11.3 Å². The largest absolute Gasteiger partial charge is 0.420 e. The van der Waals surface area contributed by atoms with E-state index in [2.05, 4.69) is 25.7 Å². The van der Waals surface area contributed by atoms with Gasteiger partial charge >= 0.3 is 0 Å². The lowest BCUT2D eigenvalue weighted by atomic mass is 9.82. The third kappa shape index (κ3) is 4.27. The molecule has 8 nitrogen and oxygen atoms in total. The van der Waals surface area contributed by atoms with Gasteiger partial charge in [-0.2, -0.15) is 0 Å². The van der Waals surface area contributed by atoms with Gasteiger partial charge in [-0.3, -0.25) is 9.78 Å². The smallest absolute Gasteiger partial charge is 0.256 e. The van der Waals surface area contributed by atoms with E-state index in [-0.39, 0.29) is 11.8 Å². The highest BCUT2D eigenvalue weighted by atomic mass is 16.5. The second-order valence-corrected chi connectivity index (χ2v) is 7.98. The molecule has 3 aromatic rings. The zero-order valence-electron chi connectivity index (χ0n) is 17.6. The fourth-order valence-electron chi connectivity index (χ4n) is 4.00. The lowest BCUT2D eigenvalue weighted by molar-refractivity contribution is 0.0940. The molecular weight excluding hydrogens is 382 g/mol. The van der Waals surface area contributed by atoms with Gasteiger partial charge in [0.2, 0.25) is 11.8 Å². The van der Waals surface area contributed by atoms with Crippen LogP contribution >= 0.6 is 0 Å². The van der Waals surface area contributed by atoms with E-state index in [1.807, 2.05) is 26.0 Å². The molecule has 8 heteroatoms. The zero-order chi connectivity index (χ0) is 21.1. The quantitative estimate of drug-likeness (QED) is 0.655. The zero-order valence-corrected chi connectivity index (χ0v) is 17.6. The van der Waals surface area contributed by atoms with Crippen LogP contribution in [0.5, 0.6) is 0 Å². The number of nitrogens with zero attached hydrogens (tertiary/aromatic N) is 4. The number of rotatable bonds is 6. The minimum Gasteiger partial charge on any atom is -0.420 e. The molecule has 1 fully saturated rings. The highest BCUT2D eigenvalue weighted by Crippen LogP contribution is 2.35. The van der Waals surface area contributed by atoms with E-state index >= 15 is 0 Å². The summed E-state index contributed by atoms with van der Waals surface area (Å²) in [6.07, 6.45) is 6.38. The van der Waals surface area contributed by atoms with E-state index in [0.717, 1.165) is 36.9 Å². The summed E-state index contributed by atoms with van der Waals surface area (Å²) < 4.78 is 11.1. The first-order valence-corrected chi connectivity index (χ1v) is 10.5. The Morgan fingerprint density at radius 2 is 1.97 bits per heavy atom. The number of aromatic nitrogens is 4. The van der Waals surface area contributed by atoms with Gasteiger partial charge in [0, 0.05) is 30.8 Å². The Hall–Kier alpha value is -3.03. The van der Waals surface area contributed by atoms with Crippen molar-refractivity contribution in [2.24, 2.45) is 5.92 Å². The highest BCUT2D eigenvalue weighted by Gasteiger charge is 2.27. The van der Waals surface area contributed by atoms with Crippen molar-refractivity contribution in [3.05, 3.63) is 46.9 Å². The third-order valence-electron chi connectivity index (χ3n) is 5.83. The maximum Gasteiger partial charge on any atom is 0.256 e. The molecule has 0 spiro atoms. The number of nitrogens with one attached hydrogen (secondary N) is 1. The van der Waals surface area contributed by atoms with E-state index in [1.54, 1.807) is 13.1 Å². The van der Waals surface area contributed by atoms with Crippen LogP contribution in [0.1, 0.15) is 71.9 Å². The van der Waals surface area contributed by atoms with E-state index in [1.165, 1.54) is 0 Å². The van der Waals surface area contributed by atoms with Gasteiger partial charge in [0.05, 0.1) is 11.3 Å². The maximum atomic E-state index is 12.5. The molecule has 30 heavy (non-hydrogen) atoms. The van der Waals surface area contributed by atoms with Gasteiger partial charge in [0.15, 0.2) is 0 Å². The molecule has 1 aliphatic rings. The predicted molar refractivity (Wildman–Crippen MR) is 110 cm³/mol. The normalized spacial score (nSPS) is 19.0. The summed E-state index contributed by atoms with van der Waals surface area (Å²) in [6, 6.07) is 3.88. The molecule has 1 saturated carbocycles. The fraction of sp³-hybridized carbons (Fsp3) is 0.500. The van der Waals surface area contributed by atoms with Crippen molar-refractivity contribution >= 4 is 5.91 Å². The Morgan fingerprint density at radius 1 is 1.17 bits per heavy atom. The highest BCUT2D eigenvalue weighted by molar-refractivity contribution is 5.96. The van der Waals surface area contributed by atoms with Crippen LogP contribution in [0.3, 0.4) is 0 Å². The average molecular weight is 409 g/mol. The molecule has 3 aromatic heterocycles. The van der Waals surface area contributed by atoms with Gasteiger partial charge < -0.3 is 14.3 Å². The Balaban J connectivity index is 1.29. The Bertz CT molecular complexity index is 1000. The van der Waals surface area contributed by atoms with Crippen LogP contribution in [0.15, 0.2) is 27.3 Å². The van der Waals surface area contributed by atoms with Gasteiger partial charge in [0.25, 0.3) is 5.91 Å². The fourth-order valence-corrected chi connectivity index (χ4v) is 4.00. The summed E-state index contributed by atoms with van der Waals surface area (Å²) in [7, 11) is 0. The second kappa shape index (κ2) is 8.77. The van der Waals surface area contributed by atoms with E-state index in [0.29, 0.717) is 47.7 Å². The molecule has 0 bridgehead atoms. The van der Waals surface area contributed by atoms with Crippen molar-refractivity contribution in [1.29, 1.82) is 0 Å². The van der Waals surface area contributed by atoms with Crippen molar-refractivity contribution < 1.29 is 13.7 Å². The summed E-state index contributed by atoms with van der Waals surface area (Å²) in [5.41, 5.74) is 3.01. The molecule has 4 rings (SSSR count). The Kier molecular flexibility index (Phi) is 5.92. The van der Waals surface area contributed by atoms with Gasteiger partial charge in [-0.1, -0.05) is 12.1 Å². The minimum atomic E-state index is -0.0963. The molecule has 3 heterocycles. The van der Waals surface area contributed by atoms with Crippen LogP contribution in [-0.4, -0.2) is 32.8 Å². The van der Waals surface area contributed by atoms with Gasteiger partial charge in [-0.15, -0.1) is 10.2 Å². The molecule has 0 radical (unpaired) electrons. The van der Waals surface area contributed by atoms with Gasteiger partial charge in [-0.25, -0.2) is 0 Å². The first-order valence-electron chi connectivity index (χ1n) is 10.5. The first-order chi connectivity index (χ1) is 14.5. The van der Waals surface area contributed by atoms with Gasteiger partial charge in [-0.05, 0) is 57.6 Å². The van der Waals surface area contributed by atoms with Crippen LogP contribution in [0.2, 0.25) is 0 Å². The molecule has 1 aliphatic carbocycles. The van der Waals surface area contributed by atoms with Crippen LogP contribution < -0.4 is 5.32 Å². The summed E-state index contributed by atoms with van der Waals surface area (Å²) in [6.45, 7) is 6.35. The molecule has 0 saturated heterocycles. The summed E-state index contributed by atoms with van der Waals surface area (Å²) in [5, 5.41) is 15.4. The summed E-state index contributed by atoms with van der Waals surface area (Å²) in [5.74, 6) is 2.47. The standard InChI is InChI=1S/C22H27N5O3/c1-4-18-19(14(3)27-30-18)20(28)24-11-15-6-9-16(10-7-15)21-25-26-22(29-21)17-8-5-13(2)23-12-17/h5,8,12,15-16H,4,6-7,9-11H2,1-3H3,(H,24,28). The number of hydrogen-bond acceptors (Lipinski definition) is 7. The third-order valence-corrected chi connectivity index (χ3v) is 5.83. The Morgan fingerprint density at radius 3 is 2.67 bits per heavy atom. The number of aryl methyl sites for hydroxylation is 3. The van der Waals surface area contributed by atoms with Crippen molar-refractivity contribution in [3.63, 3.8) is 0 Å². The molecule has 0 aliphatic heterocycles. The molecule has 0 aromatic carbocycles. The van der Waals surface area contributed by atoms with Crippen LogP contribution in [0, 0.1) is 19.8 Å². The van der Waals surface area contributed by atoms with E-state index in [9.17, 15) is 4.79 Å². The average Bonchev–Trinajstić information content (AvgIpc) is 3.40. The number of amides is 1. The SMILES string of the molecule is CCc1onc(C)c1C(=O)NCC1CCC(c2nnc(-c3ccc(C)nc3)o2)CC1. The van der Waals surface area contributed by atoms with Crippen molar-refractivity contribution in [1.82, 2.24) is 25.7 Å². The lowest BCUT2D eigenvalue weighted by Gasteiger charge is -2.26. The van der Waals surface area contributed by atoms with Crippen molar-refractivity contribution in [2.45, 2.75) is 58.8 Å². The molecule has 1 amide bonds. The number of carbonyl (C=O) groups excluding carboxylic acids is 1. The predicted octanol–water partition coefficient (Wildman–Crippen LogP) is 4.00. The number of carbonyl (C=O) groups is 1. The number of pyridine rings is 1. The first kappa shape index (κ1) is 20.3. The van der Waals surface area contributed by atoms with Crippen LogP contribution in [0.4, 0.5) is 0 Å². The molecule has 0 unspecified atom stereocenters. The molecular formula is C22H27N5O3. The lowest BCUT2D eigenvalue weighted by Crippen LogP contribution is -2.31. The number of hydrogen-bond donors (Lipinski definition) is 1.